The van der Waals surface area contributed by atoms with E-state index in [0.717, 1.165) is 12.3 Å². The maximum atomic E-state index is 5.21. The molecule has 0 fully saturated rings. The highest BCUT2D eigenvalue weighted by molar-refractivity contribution is 7.10. The van der Waals surface area contributed by atoms with E-state index in [1.807, 2.05) is 0 Å². The molecular formula is C12H21NOS. The second-order valence-electron chi connectivity index (χ2n) is 3.64. The van der Waals surface area contributed by atoms with Crippen molar-refractivity contribution in [2.24, 2.45) is 0 Å². The Balaban J connectivity index is 2.60. The fraction of sp³-hybridized carbons (Fsp3) is 0.667. The van der Waals surface area contributed by atoms with Gasteiger partial charge in [-0.1, -0.05) is 26.7 Å². The van der Waals surface area contributed by atoms with E-state index in [1.54, 1.807) is 18.4 Å². The second-order valence-corrected chi connectivity index (χ2v) is 4.58. The molecule has 0 saturated heterocycles. The van der Waals surface area contributed by atoms with Gasteiger partial charge in [-0.3, -0.25) is 0 Å². The molecule has 0 aliphatic carbocycles. The molecule has 0 saturated carbocycles. The van der Waals surface area contributed by atoms with Crippen LogP contribution in [0.3, 0.4) is 0 Å². The van der Waals surface area contributed by atoms with E-state index in [9.17, 15) is 0 Å². The Morgan fingerprint density at radius 1 is 1.47 bits per heavy atom. The van der Waals surface area contributed by atoms with E-state index in [1.165, 1.54) is 24.1 Å². The van der Waals surface area contributed by atoms with Gasteiger partial charge < -0.3 is 10.1 Å². The quantitative estimate of drug-likeness (QED) is 0.768. The third kappa shape index (κ3) is 3.84. The minimum absolute atomic E-state index is 0.504. The molecule has 0 amide bonds. The smallest absolute Gasteiger partial charge is 0.129 e. The van der Waals surface area contributed by atoms with Crippen LogP contribution in [0.25, 0.3) is 0 Å². The Morgan fingerprint density at radius 2 is 2.27 bits per heavy atom. The summed E-state index contributed by atoms with van der Waals surface area (Å²) in [6.45, 7) is 5.41. The highest BCUT2D eigenvalue weighted by Gasteiger charge is 2.12. The molecule has 15 heavy (non-hydrogen) atoms. The van der Waals surface area contributed by atoms with Gasteiger partial charge in [0.25, 0.3) is 0 Å². The molecule has 1 heterocycles. The van der Waals surface area contributed by atoms with Crippen LogP contribution in [0.1, 0.15) is 44.0 Å². The Morgan fingerprint density at radius 3 is 2.80 bits per heavy atom. The lowest BCUT2D eigenvalue weighted by Crippen LogP contribution is -2.19. The first-order valence-electron chi connectivity index (χ1n) is 5.67. The molecule has 0 aliphatic rings. The molecule has 0 aromatic carbocycles. The lowest BCUT2D eigenvalue weighted by atomic mass is 10.1. The molecule has 1 atom stereocenters. The Kier molecular flexibility index (Phi) is 5.73. The molecule has 1 rings (SSSR count). The van der Waals surface area contributed by atoms with Crippen LogP contribution < -0.4 is 10.1 Å². The van der Waals surface area contributed by atoms with Gasteiger partial charge in [0.15, 0.2) is 0 Å². The summed E-state index contributed by atoms with van der Waals surface area (Å²) in [5.74, 6) is 0.981. The minimum atomic E-state index is 0.504. The predicted octanol–water partition coefficient (Wildman–Crippen LogP) is 3.60. The molecule has 0 aliphatic heterocycles. The SMILES string of the molecule is CCCCC(NCC)c1cc(OC)cs1. The monoisotopic (exact) mass is 227 g/mol. The molecule has 1 aromatic rings. The Labute approximate surface area is 96.7 Å². The zero-order valence-electron chi connectivity index (χ0n) is 9.88. The second kappa shape index (κ2) is 6.85. The summed E-state index contributed by atoms with van der Waals surface area (Å²) >= 11 is 1.79. The zero-order valence-corrected chi connectivity index (χ0v) is 10.7. The summed E-state index contributed by atoms with van der Waals surface area (Å²) in [5, 5.41) is 5.60. The van der Waals surface area contributed by atoms with Crippen LogP contribution in [0.5, 0.6) is 5.75 Å². The van der Waals surface area contributed by atoms with Gasteiger partial charge in [0.05, 0.1) is 7.11 Å². The van der Waals surface area contributed by atoms with Crippen molar-refractivity contribution in [2.45, 2.75) is 39.2 Å². The van der Waals surface area contributed by atoms with E-state index in [2.05, 4.69) is 30.6 Å². The molecule has 1 unspecified atom stereocenters. The van der Waals surface area contributed by atoms with E-state index in [4.69, 9.17) is 4.74 Å². The summed E-state index contributed by atoms with van der Waals surface area (Å²) < 4.78 is 5.21. The maximum absolute atomic E-state index is 5.21. The highest BCUT2D eigenvalue weighted by atomic mass is 32.1. The van der Waals surface area contributed by atoms with E-state index in [0.29, 0.717) is 6.04 Å². The number of unbranched alkanes of at least 4 members (excludes halogenated alkanes) is 1. The first-order chi connectivity index (χ1) is 7.31. The van der Waals surface area contributed by atoms with Crippen LogP contribution in [0.4, 0.5) is 0 Å². The summed E-state index contributed by atoms with van der Waals surface area (Å²) in [6, 6.07) is 2.65. The van der Waals surface area contributed by atoms with E-state index >= 15 is 0 Å². The lowest BCUT2D eigenvalue weighted by Gasteiger charge is -2.15. The van der Waals surface area contributed by atoms with E-state index < -0.39 is 0 Å². The number of thiophene rings is 1. The molecule has 0 spiro atoms. The largest absolute Gasteiger partial charge is 0.496 e. The molecule has 0 bridgehead atoms. The number of hydrogen-bond donors (Lipinski definition) is 1. The molecule has 1 N–H and O–H groups in total. The summed E-state index contributed by atoms with van der Waals surface area (Å²) in [6.07, 6.45) is 3.75. The fourth-order valence-electron chi connectivity index (χ4n) is 1.62. The van der Waals surface area contributed by atoms with Crippen molar-refractivity contribution in [2.75, 3.05) is 13.7 Å². The van der Waals surface area contributed by atoms with Crippen molar-refractivity contribution in [3.8, 4) is 5.75 Å². The van der Waals surface area contributed by atoms with Crippen molar-refractivity contribution in [1.29, 1.82) is 0 Å². The fourth-order valence-corrected chi connectivity index (χ4v) is 2.59. The first kappa shape index (κ1) is 12.5. The average Bonchev–Trinajstić information content (AvgIpc) is 2.72. The van der Waals surface area contributed by atoms with Crippen molar-refractivity contribution in [1.82, 2.24) is 5.32 Å². The normalized spacial score (nSPS) is 12.7. The van der Waals surface area contributed by atoms with Crippen LogP contribution in [-0.4, -0.2) is 13.7 Å². The molecule has 86 valence electrons. The third-order valence-electron chi connectivity index (χ3n) is 2.47. The van der Waals surface area contributed by atoms with Crippen molar-refractivity contribution in [3.63, 3.8) is 0 Å². The maximum Gasteiger partial charge on any atom is 0.129 e. The number of ether oxygens (including phenoxy) is 1. The Hall–Kier alpha value is -0.540. The minimum Gasteiger partial charge on any atom is -0.496 e. The van der Waals surface area contributed by atoms with Gasteiger partial charge in [-0.15, -0.1) is 11.3 Å². The van der Waals surface area contributed by atoms with Crippen LogP contribution in [0, 0.1) is 0 Å². The summed E-state index contributed by atoms with van der Waals surface area (Å²) in [7, 11) is 1.72. The van der Waals surface area contributed by atoms with Gasteiger partial charge in [-0.05, 0) is 19.0 Å². The van der Waals surface area contributed by atoms with Crippen molar-refractivity contribution < 1.29 is 4.74 Å². The third-order valence-corrected chi connectivity index (χ3v) is 3.50. The van der Waals surface area contributed by atoms with Gasteiger partial charge in [0.1, 0.15) is 5.75 Å². The van der Waals surface area contributed by atoms with Gasteiger partial charge in [-0.25, -0.2) is 0 Å². The molecular weight excluding hydrogens is 206 g/mol. The van der Waals surface area contributed by atoms with Crippen molar-refractivity contribution >= 4 is 11.3 Å². The number of hydrogen-bond acceptors (Lipinski definition) is 3. The standard InChI is InChI=1S/C12H21NOS/c1-4-6-7-11(13-5-2)12-8-10(14-3)9-15-12/h8-9,11,13H,4-7H2,1-3H3. The van der Waals surface area contributed by atoms with Crippen LogP contribution in [0.2, 0.25) is 0 Å². The average molecular weight is 227 g/mol. The molecule has 0 radical (unpaired) electrons. The van der Waals surface area contributed by atoms with E-state index in [-0.39, 0.29) is 0 Å². The topological polar surface area (TPSA) is 21.3 Å². The summed E-state index contributed by atoms with van der Waals surface area (Å²) in [4.78, 5) is 1.39. The number of rotatable bonds is 7. The van der Waals surface area contributed by atoms with Crippen LogP contribution in [-0.2, 0) is 0 Å². The number of methoxy groups -OCH3 is 1. The molecule has 3 heteroatoms. The zero-order chi connectivity index (χ0) is 11.1. The lowest BCUT2D eigenvalue weighted by molar-refractivity contribution is 0.415. The summed E-state index contributed by atoms with van der Waals surface area (Å²) in [5.41, 5.74) is 0. The molecule has 1 aromatic heterocycles. The predicted molar refractivity (Wildman–Crippen MR) is 66.8 cm³/mol. The van der Waals surface area contributed by atoms with Crippen LogP contribution >= 0.6 is 11.3 Å². The highest BCUT2D eigenvalue weighted by Crippen LogP contribution is 2.29. The van der Waals surface area contributed by atoms with Gasteiger partial charge in [0.2, 0.25) is 0 Å². The van der Waals surface area contributed by atoms with Gasteiger partial charge in [0, 0.05) is 16.3 Å². The number of nitrogens with one attached hydrogen (secondary N) is 1. The van der Waals surface area contributed by atoms with Crippen LogP contribution in [0.15, 0.2) is 11.4 Å². The van der Waals surface area contributed by atoms with Crippen molar-refractivity contribution in [3.05, 3.63) is 16.3 Å². The first-order valence-corrected chi connectivity index (χ1v) is 6.55. The van der Waals surface area contributed by atoms with Gasteiger partial charge >= 0.3 is 0 Å². The van der Waals surface area contributed by atoms with Gasteiger partial charge in [-0.2, -0.15) is 0 Å². The Bertz CT molecular complexity index is 272. The molecule has 2 nitrogen and oxygen atoms in total.